The van der Waals surface area contributed by atoms with Gasteiger partial charge in [0.15, 0.2) is 5.78 Å². The second-order valence-corrected chi connectivity index (χ2v) is 2.84. The maximum Gasteiger partial charge on any atom is 0.288 e. The van der Waals surface area contributed by atoms with Gasteiger partial charge in [-0.3, -0.25) is 19.2 Å². The Balaban J connectivity index is 4.52. The van der Waals surface area contributed by atoms with Crippen LogP contribution in [0.25, 0.3) is 0 Å². The van der Waals surface area contributed by atoms with E-state index in [1.54, 1.807) is 0 Å². The first kappa shape index (κ1) is 12.0. The van der Waals surface area contributed by atoms with Crippen molar-refractivity contribution in [1.82, 2.24) is 0 Å². The number of rotatable bonds is 5. The summed E-state index contributed by atoms with van der Waals surface area (Å²) in [5, 5.41) is -1.22. The molecule has 72 valence electrons. The summed E-state index contributed by atoms with van der Waals surface area (Å²) in [5.74, 6) is -3.81. The molecule has 0 saturated heterocycles. The van der Waals surface area contributed by atoms with Crippen molar-refractivity contribution in [2.24, 2.45) is 5.92 Å². The number of Topliss-reactive ketones (excluding diaryl/α,β-unsaturated/α-hetero) is 3. The highest BCUT2D eigenvalue weighted by molar-refractivity contribution is 6.82. The number of carbonyl (C=O) groups excluding carboxylic acids is 4. The van der Waals surface area contributed by atoms with E-state index >= 15 is 0 Å². The van der Waals surface area contributed by atoms with Crippen LogP contribution in [0.15, 0.2) is 0 Å². The van der Waals surface area contributed by atoms with Gasteiger partial charge in [0.2, 0.25) is 11.6 Å². The van der Waals surface area contributed by atoms with Crippen molar-refractivity contribution in [3.8, 4) is 0 Å². The van der Waals surface area contributed by atoms with Crippen LogP contribution in [-0.4, -0.2) is 22.6 Å². The van der Waals surface area contributed by atoms with Gasteiger partial charge in [0, 0.05) is 6.42 Å². The van der Waals surface area contributed by atoms with Crippen LogP contribution in [0.1, 0.15) is 20.3 Å². The Morgan fingerprint density at radius 1 is 1.15 bits per heavy atom. The minimum atomic E-state index is -1.25. The summed E-state index contributed by atoms with van der Waals surface area (Å²) in [4.78, 5) is 43.1. The summed E-state index contributed by atoms with van der Waals surface area (Å²) in [6.07, 6.45) is 0.0208. The van der Waals surface area contributed by atoms with E-state index in [4.69, 9.17) is 11.6 Å². The molecule has 5 heteroatoms. The van der Waals surface area contributed by atoms with E-state index in [1.165, 1.54) is 13.8 Å². The van der Waals surface area contributed by atoms with E-state index in [1.807, 2.05) is 0 Å². The van der Waals surface area contributed by atoms with Gasteiger partial charge in [0.25, 0.3) is 5.24 Å². The molecule has 0 aliphatic rings. The quantitative estimate of drug-likeness (QED) is 0.372. The largest absolute Gasteiger partial charge is 0.291 e. The molecule has 0 radical (unpaired) electrons. The normalized spacial score (nSPS) is 11.9. The van der Waals surface area contributed by atoms with Crippen molar-refractivity contribution in [2.45, 2.75) is 20.3 Å². The third-order valence-corrected chi connectivity index (χ3v) is 1.76. The van der Waals surface area contributed by atoms with Gasteiger partial charge in [-0.05, 0) is 18.5 Å². The van der Waals surface area contributed by atoms with Crippen molar-refractivity contribution in [1.29, 1.82) is 0 Å². The summed E-state index contributed by atoms with van der Waals surface area (Å²) < 4.78 is 0. The molecule has 0 aliphatic carbocycles. The topological polar surface area (TPSA) is 68.3 Å². The fourth-order valence-electron chi connectivity index (χ4n) is 0.705. The Bertz CT molecular complexity index is 269. The smallest absolute Gasteiger partial charge is 0.288 e. The van der Waals surface area contributed by atoms with Gasteiger partial charge in [-0.15, -0.1) is 0 Å². The predicted octanol–water partition coefficient (Wildman–Crippen LogP) is 0.505. The van der Waals surface area contributed by atoms with Gasteiger partial charge in [-0.25, -0.2) is 0 Å². The molecule has 0 aliphatic heterocycles. The first-order valence-corrected chi connectivity index (χ1v) is 4.10. The molecule has 0 heterocycles. The zero-order valence-corrected chi connectivity index (χ0v) is 8.05. The lowest BCUT2D eigenvalue weighted by Gasteiger charge is -2.03. The van der Waals surface area contributed by atoms with E-state index < -0.39 is 28.5 Å². The lowest BCUT2D eigenvalue weighted by Crippen LogP contribution is -2.30. The van der Waals surface area contributed by atoms with Crippen molar-refractivity contribution in [3.63, 3.8) is 0 Å². The van der Waals surface area contributed by atoms with E-state index in [2.05, 4.69) is 0 Å². The first-order valence-electron chi connectivity index (χ1n) is 3.72. The van der Waals surface area contributed by atoms with Crippen LogP contribution in [0.4, 0.5) is 0 Å². The third-order valence-electron chi connectivity index (χ3n) is 1.58. The van der Waals surface area contributed by atoms with Crippen molar-refractivity contribution in [2.75, 3.05) is 0 Å². The molecular weight excluding hydrogens is 196 g/mol. The molecule has 0 aromatic rings. The van der Waals surface area contributed by atoms with Crippen LogP contribution in [0.5, 0.6) is 0 Å². The van der Waals surface area contributed by atoms with E-state index in [9.17, 15) is 19.2 Å². The summed E-state index contributed by atoms with van der Waals surface area (Å²) in [5.41, 5.74) is 0. The number of hydrogen-bond donors (Lipinski definition) is 0. The lowest BCUT2D eigenvalue weighted by atomic mass is 9.98. The molecule has 0 bridgehead atoms. The third kappa shape index (κ3) is 3.06. The van der Waals surface area contributed by atoms with E-state index in [0.29, 0.717) is 0 Å². The van der Waals surface area contributed by atoms with Gasteiger partial charge in [-0.2, -0.15) is 0 Å². The second kappa shape index (κ2) is 4.87. The average Bonchev–Trinajstić information content (AvgIpc) is 2.12. The molecule has 1 unspecified atom stereocenters. The summed E-state index contributed by atoms with van der Waals surface area (Å²) >= 11 is 4.86. The maximum absolute atomic E-state index is 11.0. The number of ketones is 3. The van der Waals surface area contributed by atoms with Crippen LogP contribution in [0.2, 0.25) is 0 Å². The molecule has 13 heavy (non-hydrogen) atoms. The fourth-order valence-corrected chi connectivity index (χ4v) is 0.869. The van der Waals surface area contributed by atoms with Crippen molar-refractivity contribution in [3.05, 3.63) is 0 Å². The van der Waals surface area contributed by atoms with Gasteiger partial charge < -0.3 is 0 Å². The molecule has 0 spiro atoms. The Morgan fingerprint density at radius 2 is 1.62 bits per heavy atom. The SMILES string of the molecule is CCC(=O)C(=O)C(C)C(=O)C(=O)Cl. The molecular formula is C8H9ClO4. The molecule has 4 nitrogen and oxygen atoms in total. The molecule has 0 saturated carbocycles. The highest BCUT2D eigenvalue weighted by Gasteiger charge is 2.29. The molecule has 0 aromatic carbocycles. The molecule has 0 amide bonds. The fraction of sp³-hybridized carbons (Fsp3) is 0.500. The average molecular weight is 205 g/mol. The van der Waals surface area contributed by atoms with Crippen LogP contribution in [-0.2, 0) is 19.2 Å². The molecule has 0 rings (SSSR count). The standard InChI is InChI=1S/C8H9ClO4/c1-3-5(10)6(11)4(2)7(12)8(9)13/h4H,3H2,1-2H3. The van der Waals surface area contributed by atoms with Crippen molar-refractivity contribution < 1.29 is 19.2 Å². The highest BCUT2D eigenvalue weighted by atomic mass is 35.5. The van der Waals surface area contributed by atoms with Gasteiger partial charge in [0.1, 0.15) is 0 Å². The molecule has 0 aromatic heterocycles. The van der Waals surface area contributed by atoms with E-state index in [0.717, 1.165) is 0 Å². The molecule has 0 fully saturated rings. The monoisotopic (exact) mass is 204 g/mol. The maximum atomic E-state index is 11.0. The predicted molar refractivity (Wildman–Crippen MR) is 45.3 cm³/mol. The number of hydrogen-bond acceptors (Lipinski definition) is 4. The van der Waals surface area contributed by atoms with E-state index in [-0.39, 0.29) is 6.42 Å². The zero-order valence-electron chi connectivity index (χ0n) is 7.30. The Labute approximate surface area is 80.2 Å². The molecule has 1 atom stereocenters. The van der Waals surface area contributed by atoms with Crippen LogP contribution in [0, 0.1) is 5.92 Å². The van der Waals surface area contributed by atoms with Gasteiger partial charge in [-0.1, -0.05) is 6.92 Å². The summed E-state index contributed by atoms with van der Waals surface area (Å²) in [6.45, 7) is 2.69. The highest BCUT2D eigenvalue weighted by Crippen LogP contribution is 2.04. The number of carbonyl (C=O) groups is 4. The van der Waals surface area contributed by atoms with Gasteiger partial charge in [0.05, 0.1) is 5.92 Å². The molecule has 0 N–H and O–H groups in total. The minimum absolute atomic E-state index is 0.0208. The Hall–Kier alpha value is -1.03. The van der Waals surface area contributed by atoms with Gasteiger partial charge >= 0.3 is 0 Å². The van der Waals surface area contributed by atoms with Crippen molar-refractivity contribution >= 4 is 34.2 Å². The lowest BCUT2D eigenvalue weighted by molar-refractivity contribution is -0.144. The minimum Gasteiger partial charge on any atom is -0.291 e. The first-order chi connectivity index (χ1) is 5.91. The summed E-state index contributed by atoms with van der Waals surface area (Å²) in [6, 6.07) is 0. The summed E-state index contributed by atoms with van der Waals surface area (Å²) in [7, 11) is 0. The van der Waals surface area contributed by atoms with Crippen LogP contribution in [0.3, 0.4) is 0 Å². The second-order valence-electron chi connectivity index (χ2n) is 2.50. The zero-order chi connectivity index (χ0) is 10.6. The number of halogens is 1. The van der Waals surface area contributed by atoms with Crippen LogP contribution >= 0.6 is 11.6 Å². The Morgan fingerprint density at radius 3 is 1.92 bits per heavy atom. The van der Waals surface area contributed by atoms with Crippen LogP contribution < -0.4 is 0 Å². The Kier molecular flexibility index (Phi) is 4.48.